The average Bonchev–Trinajstić information content (AvgIpc) is 3.76. The van der Waals surface area contributed by atoms with E-state index in [4.69, 9.17) is 29.9 Å². The Balaban J connectivity index is 1.08. The van der Waals surface area contributed by atoms with Gasteiger partial charge in [-0.3, -0.25) is 4.98 Å². The van der Waals surface area contributed by atoms with E-state index in [-0.39, 0.29) is 5.97 Å². The SMILES string of the molecule is COC(=O)c1ccc(Cc2c(OCc3ccc(-c4ccccc4-c4nnn(C(c5ccccc5)(c5ccccc5)c5ccccc5)n4)cc3)cc(C)nc2C)cc1. The number of hydrogen-bond acceptors (Lipinski definition) is 7. The van der Waals surface area contributed by atoms with E-state index in [0.29, 0.717) is 24.4 Å². The van der Waals surface area contributed by atoms with Crippen molar-refractivity contribution in [2.24, 2.45) is 0 Å². The Labute approximate surface area is 332 Å². The molecule has 6 aromatic carbocycles. The lowest BCUT2D eigenvalue weighted by Gasteiger charge is -2.34. The van der Waals surface area contributed by atoms with Gasteiger partial charge in [0.2, 0.25) is 5.82 Å². The van der Waals surface area contributed by atoms with Crippen LogP contribution in [0.4, 0.5) is 0 Å². The first-order valence-electron chi connectivity index (χ1n) is 18.9. The molecule has 8 rings (SSSR count). The Bertz CT molecular complexity index is 2510. The van der Waals surface area contributed by atoms with Crippen LogP contribution in [0.3, 0.4) is 0 Å². The Kier molecular flexibility index (Phi) is 10.5. The van der Waals surface area contributed by atoms with Crippen LogP contribution in [0.5, 0.6) is 5.75 Å². The van der Waals surface area contributed by atoms with Crippen molar-refractivity contribution in [3.05, 3.63) is 220 Å². The number of hydrogen-bond donors (Lipinski definition) is 0. The number of aromatic nitrogens is 5. The molecule has 0 amide bonds. The number of pyridine rings is 1. The molecule has 0 bridgehead atoms. The van der Waals surface area contributed by atoms with Crippen LogP contribution in [-0.4, -0.2) is 38.3 Å². The molecule has 0 aliphatic carbocycles. The number of ether oxygens (including phenoxy) is 2. The third-order valence-corrected chi connectivity index (χ3v) is 10.3. The minimum atomic E-state index is -0.869. The fourth-order valence-corrected chi connectivity index (χ4v) is 7.46. The molecular formula is C49H41N5O3. The molecule has 280 valence electrons. The molecule has 8 heteroatoms. The maximum Gasteiger partial charge on any atom is 0.337 e. The Morgan fingerprint density at radius 2 is 1.19 bits per heavy atom. The van der Waals surface area contributed by atoms with Crippen LogP contribution in [0.15, 0.2) is 170 Å². The van der Waals surface area contributed by atoms with E-state index in [9.17, 15) is 4.79 Å². The summed E-state index contributed by atoms with van der Waals surface area (Å²) in [5, 5.41) is 14.7. The number of carbonyl (C=O) groups is 1. The van der Waals surface area contributed by atoms with Crippen LogP contribution >= 0.6 is 0 Å². The van der Waals surface area contributed by atoms with E-state index in [1.807, 2.05) is 105 Å². The van der Waals surface area contributed by atoms with Crippen LogP contribution in [0.1, 0.15) is 55.1 Å². The Morgan fingerprint density at radius 1 is 0.649 bits per heavy atom. The highest BCUT2D eigenvalue weighted by Gasteiger charge is 2.41. The van der Waals surface area contributed by atoms with Crippen molar-refractivity contribution in [1.82, 2.24) is 25.2 Å². The highest BCUT2D eigenvalue weighted by atomic mass is 16.5. The van der Waals surface area contributed by atoms with Gasteiger partial charge in [0.25, 0.3) is 0 Å². The standard InChI is InChI=1S/C49H41N5O3/c1-34-31-46(45(35(2)50-34)32-36-23-29-39(30-24-36)48(55)56-3)57-33-37-25-27-38(28-26-37)43-21-13-14-22-44(43)47-51-53-54(52-47)49(40-15-7-4-8-16-40,41-17-9-5-10-18-41)42-19-11-6-12-20-42/h4-31H,32-33H2,1-3H3. The number of nitrogens with zero attached hydrogens (tertiary/aromatic N) is 5. The molecule has 0 aliphatic heterocycles. The van der Waals surface area contributed by atoms with Gasteiger partial charge in [0.15, 0.2) is 5.54 Å². The molecule has 57 heavy (non-hydrogen) atoms. The summed E-state index contributed by atoms with van der Waals surface area (Å²) in [7, 11) is 1.38. The monoisotopic (exact) mass is 747 g/mol. The molecule has 0 unspecified atom stereocenters. The largest absolute Gasteiger partial charge is 0.488 e. The Hall–Kier alpha value is -7.19. The molecule has 8 aromatic rings. The summed E-state index contributed by atoms with van der Waals surface area (Å²) >= 11 is 0. The number of benzene rings is 6. The van der Waals surface area contributed by atoms with Gasteiger partial charge in [0.1, 0.15) is 12.4 Å². The van der Waals surface area contributed by atoms with Crippen molar-refractivity contribution < 1.29 is 14.3 Å². The molecule has 0 aliphatic rings. The maximum atomic E-state index is 11.9. The summed E-state index contributed by atoms with van der Waals surface area (Å²) in [4.78, 5) is 18.4. The molecule has 2 heterocycles. The van der Waals surface area contributed by atoms with Crippen LogP contribution < -0.4 is 4.74 Å². The third-order valence-electron chi connectivity index (χ3n) is 10.3. The normalized spacial score (nSPS) is 11.3. The fraction of sp³-hybridized carbons (Fsp3) is 0.122. The molecule has 0 spiro atoms. The maximum absolute atomic E-state index is 11.9. The van der Waals surface area contributed by atoms with Gasteiger partial charge in [-0.2, -0.15) is 0 Å². The smallest absolute Gasteiger partial charge is 0.337 e. The zero-order valence-electron chi connectivity index (χ0n) is 32.0. The van der Waals surface area contributed by atoms with E-state index in [0.717, 1.165) is 67.2 Å². The van der Waals surface area contributed by atoms with Crippen molar-refractivity contribution in [2.75, 3.05) is 7.11 Å². The van der Waals surface area contributed by atoms with Crippen molar-refractivity contribution in [2.45, 2.75) is 32.4 Å². The summed E-state index contributed by atoms with van der Waals surface area (Å²) in [5.74, 6) is 0.963. The number of aryl methyl sites for hydroxylation is 2. The lowest BCUT2D eigenvalue weighted by Crippen LogP contribution is -2.39. The van der Waals surface area contributed by atoms with E-state index in [1.54, 1.807) is 16.9 Å². The number of methoxy groups -OCH3 is 1. The predicted molar refractivity (Wildman–Crippen MR) is 222 cm³/mol. The van der Waals surface area contributed by atoms with Crippen LogP contribution in [0.2, 0.25) is 0 Å². The summed E-state index contributed by atoms with van der Waals surface area (Å²) in [6, 6.07) is 57.0. The zero-order chi connectivity index (χ0) is 39.2. The summed E-state index contributed by atoms with van der Waals surface area (Å²) in [5.41, 5.74) is 10.5. The topological polar surface area (TPSA) is 92.0 Å². The number of esters is 1. The molecule has 2 aromatic heterocycles. The van der Waals surface area contributed by atoms with Gasteiger partial charge in [0.05, 0.1) is 12.7 Å². The second-order valence-corrected chi connectivity index (χ2v) is 13.9. The van der Waals surface area contributed by atoms with Gasteiger partial charge >= 0.3 is 5.97 Å². The van der Waals surface area contributed by atoms with Crippen molar-refractivity contribution in [3.63, 3.8) is 0 Å². The minimum Gasteiger partial charge on any atom is -0.488 e. The average molecular weight is 748 g/mol. The first kappa shape index (κ1) is 36.8. The van der Waals surface area contributed by atoms with E-state index >= 15 is 0 Å². The van der Waals surface area contributed by atoms with Gasteiger partial charge in [-0.15, -0.1) is 15.0 Å². The zero-order valence-corrected chi connectivity index (χ0v) is 32.0. The third kappa shape index (κ3) is 7.45. The molecule has 0 fully saturated rings. The fourth-order valence-electron chi connectivity index (χ4n) is 7.46. The highest BCUT2D eigenvalue weighted by Crippen LogP contribution is 2.40. The first-order valence-corrected chi connectivity index (χ1v) is 18.9. The lowest BCUT2D eigenvalue weighted by molar-refractivity contribution is 0.0600. The molecule has 0 saturated heterocycles. The minimum absolute atomic E-state index is 0.356. The second kappa shape index (κ2) is 16.3. The molecule has 0 N–H and O–H groups in total. The predicted octanol–water partition coefficient (Wildman–Crippen LogP) is 9.82. The van der Waals surface area contributed by atoms with Gasteiger partial charge in [-0.05, 0) is 70.1 Å². The molecular weight excluding hydrogens is 707 g/mol. The highest BCUT2D eigenvalue weighted by molar-refractivity contribution is 5.89. The van der Waals surface area contributed by atoms with Gasteiger partial charge in [-0.1, -0.05) is 152 Å². The van der Waals surface area contributed by atoms with Crippen molar-refractivity contribution >= 4 is 5.97 Å². The first-order chi connectivity index (χ1) is 27.9. The van der Waals surface area contributed by atoms with Crippen LogP contribution in [0.25, 0.3) is 22.5 Å². The number of rotatable bonds is 12. The van der Waals surface area contributed by atoms with Crippen LogP contribution in [-0.2, 0) is 23.3 Å². The van der Waals surface area contributed by atoms with Gasteiger partial charge in [-0.25, -0.2) is 4.79 Å². The van der Waals surface area contributed by atoms with E-state index < -0.39 is 5.54 Å². The molecule has 0 saturated carbocycles. The lowest BCUT2D eigenvalue weighted by atomic mass is 9.77. The van der Waals surface area contributed by atoms with E-state index in [1.165, 1.54) is 7.11 Å². The molecule has 0 atom stereocenters. The van der Waals surface area contributed by atoms with E-state index in [2.05, 4.69) is 66.7 Å². The Morgan fingerprint density at radius 3 is 1.77 bits per heavy atom. The van der Waals surface area contributed by atoms with Crippen LogP contribution in [0, 0.1) is 13.8 Å². The second-order valence-electron chi connectivity index (χ2n) is 13.9. The summed E-state index contributed by atoms with van der Waals surface area (Å²) < 4.78 is 11.3. The summed E-state index contributed by atoms with van der Waals surface area (Å²) in [6.07, 6.45) is 0.618. The van der Waals surface area contributed by atoms with Crippen molar-refractivity contribution in [3.8, 4) is 28.3 Å². The quantitative estimate of drug-likeness (QED) is 0.0908. The molecule has 8 nitrogen and oxygen atoms in total. The summed E-state index contributed by atoms with van der Waals surface area (Å²) in [6.45, 7) is 4.36. The number of carbonyl (C=O) groups excluding carboxylic acids is 1. The van der Waals surface area contributed by atoms with Crippen molar-refractivity contribution in [1.29, 1.82) is 0 Å². The van der Waals surface area contributed by atoms with Gasteiger partial charge < -0.3 is 9.47 Å². The van der Waals surface area contributed by atoms with Gasteiger partial charge in [0, 0.05) is 35.0 Å². The number of tetrazole rings is 1. The molecule has 0 radical (unpaired) electrons.